The number of thioether (sulfide) groups is 1. The number of anilines is 1. The zero-order valence-electron chi connectivity index (χ0n) is 16.7. The molecule has 2 aromatic heterocycles. The molecule has 2 aromatic carbocycles. The van der Waals surface area contributed by atoms with Crippen LogP contribution in [0.3, 0.4) is 0 Å². The molecule has 0 bridgehead atoms. The fourth-order valence-electron chi connectivity index (χ4n) is 3.02. The molecule has 0 atom stereocenters. The van der Waals surface area contributed by atoms with Crippen LogP contribution in [0.1, 0.15) is 11.1 Å². The number of para-hydroxylation sites is 1. The molecule has 0 aliphatic heterocycles. The molecule has 0 fully saturated rings. The highest BCUT2D eigenvalue weighted by Crippen LogP contribution is 2.32. The van der Waals surface area contributed by atoms with Crippen molar-refractivity contribution in [2.45, 2.75) is 18.4 Å². The Morgan fingerprint density at radius 1 is 1.10 bits per heavy atom. The van der Waals surface area contributed by atoms with Crippen LogP contribution in [-0.4, -0.2) is 28.7 Å². The van der Waals surface area contributed by atoms with Crippen LogP contribution in [-0.2, 0) is 11.3 Å². The van der Waals surface area contributed by atoms with Crippen molar-refractivity contribution >= 4 is 44.4 Å². The molecule has 0 radical (unpaired) electrons. The van der Waals surface area contributed by atoms with Crippen LogP contribution in [0.2, 0.25) is 0 Å². The Morgan fingerprint density at radius 2 is 1.87 bits per heavy atom. The lowest BCUT2D eigenvalue weighted by Crippen LogP contribution is -2.31. The Labute approximate surface area is 183 Å². The lowest BCUT2D eigenvalue weighted by Gasteiger charge is -2.20. The minimum Gasteiger partial charge on any atom is -0.497 e. The van der Waals surface area contributed by atoms with E-state index in [1.54, 1.807) is 35.7 Å². The number of aromatic nitrogens is 2. The second kappa shape index (κ2) is 9.28. The van der Waals surface area contributed by atoms with E-state index in [1.165, 1.54) is 11.8 Å². The summed E-state index contributed by atoms with van der Waals surface area (Å²) in [5, 5.41) is 0.719. The Bertz CT molecular complexity index is 1140. The highest BCUT2D eigenvalue weighted by molar-refractivity contribution is 8.00. The smallest absolute Gasteiger partial charge is 0.239 e. The minimum atomic E-state index is 0.0179. The van der Waals surface area contributed by atoms with Gasteiger partial charge in [-0.25, -0.2) is 4.98 Å². The van der Waals surface area contributed by atoms with Gasteiger partial charge in [0.1, 0.15) is 5.75 Å². The van der Waals surface area contributed by atoms with Gasteiger partial charge in [-0.05, 0) is 60.5 Å². The van der Waals surface area contributed by atoms with Gasteiger partial charge in [0.15, 0.2) is 5.13 Å². The molecule has 4 rings (SSSR count). The van der Waals surface area contributed by atoms with Crippen LogP contribution >= 0.6 is 23.1 Å². The van der Waals surface area contributed by atoms with Gasteiger partial charge in [-0.15, -0.1) is 11.8 Å². The Kier molecular flexibility index (Phi) is 6.30. The molecule has 152 valence electrons. The van der Waals surface area contributed by atoms with E-state index in [2.05, 4.69) is 4.98 Å². The van der Waals surface area contributed by atoms with E-state index in [9.17, 15) is 4.79 Å². The Balaban J connectivity index is 1.58. The summed E-state index contributed by atoms with van der Waals surface area (Å²) >= 11 is 3.06. The monoisotopic (exact) mass is 435 g/mol. The summed E-state index contributed by atoms with van der Waals surface area (Å²) in [6, 6.07) is 17.7. The number of amides is 1. The highest BCUT2D eigenvalue weighted by Gasteiger charge is 2.21. The maximum Gasteiger partial charge on any atom is 0.239 e. The molecular formula is C23H21N3O2S2. The number of carbonyl (C=O) groups excluding carboxylic acids is 1. The number of hydrogen-bond acceptors (Lipinski definition) is 6. The summed E-state index contributed by atoms with van der Waals surface area (Å²) in [7, 11) is 1.64. The molecule has 30 heavy (non-hydrogen) atoms. The molecule has 2 heterocycles. The number of ether oxygens (including phenoxy) is 1. The Hall–Kier alpha value is -2.90. The zero-order valence-corrected chi connectivity index (χ0v) is 18.4. The maximum absolute atomic E-state index is 13.2. The van der Waals surface area contributed by atoms with Crippen molar-refractivity contribution in [3.05, 3.63) is 78.1 Å². The quantitative estimate of drug-likeness (QED) is 0.367. The van der Waals surface area contributed by atoms with Crippen LogP contribution in [0.15, 0.2) is 71.9 Å². The largest absolute Gasteiger partial charge is 0.497 e. The first kappa shape index (κ1) is 20.4. The second-order valence-corrected chi connectivity index (χ2v) is 8.78. The van der Waals surface area contributed by atoms with Crippen molar-refractivity contribution in [3.8, 4) is 5.75 Å². The minimum absolute atomic E-state index is 0.0179. The van der Waals surface area contributed by atoms with Gasteiger partial charge in [-0.2, -0.15) is 0 Å². The van der Waals surface area contributed by atoms with E-state index in [0.717, 1.165) is 37.1 Å². The van der Waals surface area contributed by atoms with Crippen molar-refractivity contribution in [1.29, 1.82) is 0 Å². The SMILES string of the molecule is COc1ccc(SCC(=O)N(Cc2ccncc2)c2nc3c(C)cccc3s2)cc1. The molecule has 0 spiro atoms. The van der Waals surface area contributed by atoms with Gasteiger partial charge in [0.25, 0.3) is 0 Å². The van der Waals surface area contributed by atoms with E-state index in [0.29, 0.717) is 12.3 Å². The van der Waals surface area contributed by atoms with Gasteiger partial charge >= 0.3 is 0 Å². The summed E-state index contributed by atoms with van der Waals surface area (Å²) in [5.74, 6) is 1.14. The molecule has 0 aliphatic rings. The third-order valence-electron chi connectivity index (χ3n) is 4.65. The van der Waals surface area contributed by atoms with Crippen LogP contribution < -0.4 is 9.64 Å². The average molecular weight is 436 g/mol. The topological polar surface area (TPSA) is 55.3 Å². The lowest BCUT2D eigenvalue weighted by atomic mass is 10.2. The van der Waals surface area contributed by atoms with Gasteiger partial charge in [0.2, 0.25) is 5.91 Å². The molecule has 4 aromatic rings. The van der Waals surface area contributed by atoms with Crippen molar-refractivity contribution < 1.29 is 9.53 Å². The van der Waals surface area contributed by atoms with Crippen molar-refractivity contribution in [3.63, 3.8) is 0 Å². The van der Waals surface area contributed by atoms with Crippen LogP contribution in [0.25, 0.3) is 10.2 Å². The number of aryl methyl sites for hydroxylation is 1. The van der Waals surface area contributed by atoms with Crippen LogP contribution in [0.4, 0.5) is 5.13 Å². The van der Waals surface area contributed by atoms with Crippen molar-refractivity contribution in [1.82, 2.24) is 9.97 Å². The third kappa shape index (κ3) is 4.63. The van der Waals surface area contributed by atoms with Crippen LogP contribution in [0, 0.1) is 6.92 Å². The number of fused-ring (bicyclic) bond motifs is 1. The normalized spacial score (nSPS) is 10.9. The molecule has 0 saturated heterocycles. The standard InChI is InChI=1S/C23H21N3O2S2/c1-16-4-3-5-20-22(16)25-23(30-20)26(14-17-10-12-24-13-11-17)21(27)15-29-19-8-6-18(28-2)7-9-19/h3-13H,14-15H2,1-2H3. The molecule has 5 nitrogen and oxygen atoms in total. The predicted octanol–water partition coefficient (Wildman–Crippen LogP) is 5.33. The van der Waals surface area contributed by atoms with E-state index < -0.39 is 0 Å². The molecule has 0 unspecified atom stereocenters. The molecule has 7 heteroatoms. The summed E-state index contributed by atoms with van der Waals surface area (Å²) in [6.45, 7) is 2.50. The fourth-order valence-corrected chi connectivity index (χ4v) is 4.85. The number of methoxy groups -OCH3 is 1. The van der Waals surface area contributed by atoms with E-state index in [1.807, 2.05) is 61.5 Å². The first-order valence-electron chi connectivity index (χ1n) is 9.46. The number of thiazole rings is 1. The van der Waals surface area contributed by atoms with Gasteiger partial charge in [-0.1, -0.05) is 23.5 Å². The second-order valence-electron chi connectivity index (χ2n) is 6.72. The lowest BCUT2D eigenvalue weighted by molar-refractivity contribution is -0.116. The third-order valence-corrected chi connectivity index (χ3v) is 6.69. The number of carbonyl (C=O) groups is 1. The molecule has 0 saturated carbocycles. The predicted molar refractivity (Wildman–Crippen MR) is 124 cm³/mol. The molecule has 1 amide bonds. The van der Waals surface area contributed by atoms with Gasteiger partial charge in [-0.3, -0.25) is 14.7 Å². The van der Waals surface area contributed by atoms with E-state index >= 15 is 0 Å². The molecule has 0 N–H and O–H groups in total. The number of hydrogen-bond donors (Lipinski definition) is 0. The van der Waals surface area contributed by atoms with E-state index in [-0.39, 0.29) is 5.91 Å². The van der Waals surface area contributed by atoms with Gasteiger partial charge in [0, 0.05) is 17.3 Å². The Morgan fingerprint density at radius 3 is 2.57 bits per heavy atom. The fraction of sp³-hybridized carbons (Fsp3) is 0.174. The number of pyridine rings is 1. The summed E-state index contributed by atoms with van der Waals surface area (Å²) in [4.78, 5) is 24.9. The van der Waals surface area contributed by atoms with Crippen molar-refractivity contribution in [2.24, 2.45) is 0 Å². The first-order chi connectivity index (χ1) is 14.6. The van der Waals surface area contributed by atoms with Crippen molar-refractivity contribution in [2.75, 3.05) is 17.8 Å². The number of nitrogens with zero attached hydrogens (tertiary/aromatic N) is 3. The summed E-state index contributed by atoms with van der Waals surface area (Å²) in [5.41, 5.74) is 3.08. The summed E-state index contributed by atoms with van der Waals surface area (Å²) in [6.07, 6.45) is 3.49. The highest BCUT2D eigenvalue weighted by atomic mass is 32.2. The number of benzene rings is 2. The first-order valence-corrected chi connectivity index (χ1v) is 11.3. The molecular weight excluding hydrogens is 414 g/mol. The van der Waals surface area contributed by atoms with E-state index in [4.69, 9.17) is 9.72 Å². The van der Waals surface area contributed by atoms with Crippen LogP contribution in [0.5, 0.6) is 5.75 Å². The average Bonchev–Trinajstić information content (AvgIpc) is 3.22. The number of rotatable bonds is 7. The zero-order chi connectivity index (χ0) is 20.9. The molecule has 0 aliphatic carbocycles. The maximum atomic E-state index is 13.2. The van der Waals surface area contributed by atoms with Gasteiger partial charge in [0.05, 0.1) is 29.6 Å². The van der Waals surface area contributed by atoms with Gasteiger partial charge < -0.3 is 4.74 Å². The summed E-state index contributed by atoms with van der Waals surface area (Å²) < 4.78 is 6.28.